The van der Waals surface area contributed by atoms with Gasteiger partial charge in [-0.05, 0) is 61.6 Å². The normalized spacial score (nSPS) is 10.8. The number of carbonyl (C=O) groups is 2. The monoisotopic (exact) mass is 451 g/mol. The van der Waals surface area contributed by atoms with Crippen LogP contribution in [-0.2, 0) is 4.74 Å². The maximum atomic E-state index is 12.6. The summed E-state index contributed by atoms with van der Waals surface area (Å²) in [6, 6.07) is 17.2. The Morgan fingerprint density at radius 2 is 1.62 bits per heavy atom. The molecular weight excluding hydrogens is 426 g/mol. The molecule has 0 bridgehead atoms. The zero-order valence-electron chi connectivity index (χ0n) is 18.2. The van der Waals surface area contributed by atoms with Gasteiger partial charge in [0, 0.05) is 29.6 Å². The third-order valence-corrected chi connectivity index (χ3v) is 5.40. The molecule has 1 heterocycles. The Morgan fingerprint density at radius 3 is 2.25 bits per heavy atom. The number of anilines is 1. The standard InChI is InChI=1S/C25H26ClN3O3/c1-3-29(4-2)16-17-32-25(31)20-11-13-21(14-12-20)28-24(30)19-9-7-18(8-10-19)23-22(26)6-5-15-27-23/h5-15H,3-4,16-17H2,1-2H3,(H,28,30). The fraction of sp³-hybridized carbons (Fsp3) is 0.240. The second-order valence-electron chi connectivity index (χ2n) is 7.11. The van der Waals surface area contributed by atoms with E-state index in [1.54, 1.807) is 66.9 Å². The maximum Gasteiger partial charge on any atom is 0.338 e. The first kappa shape index (κ1) is 23.4. The molecule has 3 rings (SSSR count). The van der Waals surface area contributed by atoms with Gasteiger partial charge in [0.1, 0.15) is 6.61 Å². The van der Waals surface area contributed by atoms with Crippen molar-refractivity contribution in [2.24, 2.45) is 0 Å². The third-order valence-electron chi connectivity index (χ3n) is 5.09. The number of carbonyl (C=O) groups excluding carboxylic acids is 2. The Morgan fingerprint density at radius 1 is 0.969 bits per heavy atom. The van der Waals surface area contributed by atoms with E-state index in [0.717, 1.165) is 18.7 Å². The Labute approximate surface area is 193 Å². The molecule has 1 amide bonds. The molecule has 0 fully saturated rings. The van der Waals surface area contributed by atoms with E-state index in [1.807, 2.05) is 0 Å². The van der Waals surface area contributed by atoms with Gasteiger partial charge in [0.05, 0.1) is 16.3 Å². The zero-order chi connectivity index (χ0) is 22.9. The SMILES string of the molecule is CCN(CC)CCOC(=O)c1ccc(NC(=O)c2ccc(-c3ncccc3Cl)cc2)cc1. The molecular formula is C25H26ClN3O3. The molecule has 0 aliphatic carbocycles. The van der Waals surface area contributed by atoms with Crippen LogP contribution in [0.25, 0.3) is 11.3 Å². The summed E-state index contributed by atoms with van der Waals surface area (Å²) < 4.78 is 5.33. The highest BCUT2D eigenvalue weighted by Gasteiger charge is 2.11. The molecule has 32 heavy (non-hydrogen) atoms. The quantitative estimate of drug-likeness (QED) is 0.455. The van der Waals surface area contributed by atoms with Crippen LogP contribution in [0.15, 0.2) is 66.9 Å². The van der Waals surface area contributed by atoms with Crippen molar-refractivity contribution in [3.05, 3.63) is 83.0 Å². The molecule has 1 N–H and O–H groups in total. The van der Waals surface area contributed by atoms with E-state index in [4.69, 9.17) is 16.3 Å². The molecule has 7 heteroatoms. The van der Waals surface area contributed by atoms with Gasteiger partial charge in [0.15, 0.2) is 0 Å². The highest BCUT2D eigenvalue weighted by molar-refractivity contribution is 6.33. The topological polar surface area (TPSA) is 71.5 Å². The second-order valence-corrected chi connectivity index (χ2v) is 7.51. The molecule has 0 aliphatic heterocycles. The number of hydrogen-bond donors (Lipinski definition) is 1. The fourth-order valence-corrected chi connectivity index (χ4v) is 3.39. The summed E-state index contributed by atoms with van der Waals surface area (Å²) >= 11 is 6.18. The Kier molecular flexibility index (Phi) is 8.36. The molecule has 0 aliphatic rings. The predicted molar refractivity (Wildman–Crippen MR) is 127 cm³/mol. The van der Waals surface area contributed by atoms with Gasteiger partial charge >= 0.3 is 5.97 Å². The van der Waals surface area contributed by atoms with E-state index in [0.29, 0.717) is 40.7 Å². The molecule has 0 radical (unpaired) electrons. The number of benzene rings is 2. The van der Waals surface area contributed by atoms with Crippen LogP contribution in [0.3, 0.4) is 0 Å². The molecule has 0 saturated carbocycles. The molecule has 166 valence electrons. The van der Waals surface area contributed by atoms with Gasteiger partial charge in [-0.15, -0.1) is 0 Å². The summed E-state index contributed by atoms with van der Waals surface area (Å²) in [6.45, 7) is 7.03. The van der Waals surface area contributed by atoms with Crippen LogP contribution in [0.1, 0.15) is 34.6 Å². The van der Waals surface area contributed by atoms with E-state index in [2.05, 4.69) is 29.0 Å². The highest BCUT2D eigenvalue weighted by atomic mass is 35.5. The van der Waals surface area contributed by atoms with E-state index in [1.165, 1.54) is 0 Å². The average Bonchev–Trinajstić information content (AvgIpc) is 2.82. The third kappa shape index (κ3) is 6.15. The second kappa shape index (κ2) is 11.4. The average molecular weight is 452 g/mol. The van der Waals surface area contributed by atoms with Crippen molar-refractivity contribution in [1.29, 1.82) is 0 Å². The van der Waals surface area contributed by atoms with Crippen molar-refractivity contribution in [3.8, 4) is 11.3 Å². The summed E-state index contributed by atoms with van der Waals surface area (Å²) in [5.74, 6) is -0.628. The van der Waals surface area contributed by atoms with Gasteiger partial charge in [0.25, 0.3) is 5.91 Å². The molecule has 3 aromatic rings. The molecule has 2 aromatic carbocycles. The smallest absolute Gasteiger partial charge is 0.338 e. The number of nitrogens with zero attached hydrogens (tertiary/aromatic N) is 2. The van der Waals surface area contributed by atoms with Crippen LogP contribution in [0, 0.1) is 0 Å². The molecule has 0 spiro atoms. The summed E-state index contributed by atoms with van der Waals surface area (Å²) in [4.78, 5) is 31.2. The predicted octanol–water partition coefficient (Wildman–Crippen LogP) is 5.15. The van der Waals surface area contributed by atoms with Gasteiger partial charge in [-0.25, -0.2) is 4.79 Å². The number of pyridine rings is 1. The van der Waals surface area contributed by atoms with Crippen molar-refractivity contribution in [1.82, 2.24) is 9.88 Å². The molecule has 0 unspecified atom stereocenters. The zero-order valence-corrected chi connectivity index (χ0v) is 18.9. The van der Waals surface area contributed by atoms with E-state index >= 15 is 0 Å². The summed E-state index contributed by atoms with van der Waals surface area (Å²) in [6.07, 6.45) is 1.67. The first-order valence-electron chi connectivity index (χ1n) is 10.5. The minimum Gasteiger partial charge on any atom is -0.461 e. The summed E-state index contributed by atoms with van der Waals surface area (Å²) in [7, 11) is 0. The number of amides is 1. The largest absolute Gasteiger partial charge is 0.461 e. The van der Waals surface area contributed by atoms with E-state index in [-0.39, 0.29) is 11.9 Å². The van der Waals surface area contributed by atoms with Gasteiger partial charge in [-0.2, -0.15) is 0 Å². The summed E-state index contributed by atoms with van der Waals surface area (Å²) in [5, 5.41) is 3.38. The number of halogens is 1. The Balaban J connectivity index is 1.56. The van der Waals surface area contributed by atoms with Crippen molar-refractivity contribution in [2.45, 2.75) is 13.8 Å². The van der Waals surface area contributed by atoms with E-state index < -0.39 is 0 Å². The number of ether oxygens (including phenoxy) is 1. The van der Waals surface area contributed by atoms with Crippen LogP contribution < -0.4 is 5.32 Å². The van der Waals surface area contributed by atoms with Crippen molar-refractivity contribution < 1.29 is 14.3 Å². The van der Waals surface area contributed by atoms with Crippen molar-refractivity contribution in [3.63, 3.8) is 0 Å². The highest BCUT2D eigenvalue weighted by Crippen LogP contribution is 2.25. The molecule has 0 atom stereocenters. The minimum atomic E-state index is -0.376. The van der Waals surface area contributed by atoms with Crippen LogP contribution in [0.5, 0.6) is 0 Å². The molecule has 1 aromatic heterocycles. The van der Waals surface area contributed by atoms with E-state index in [9.17, 15) is 9.59 Å². The van der Waals surface area contributed by atoms with Crippen molar-refractivity contribution in [2.75, 3.05) is 31.6 Å². The molecule has 0 saturated heterocycles. The number of rotatable bonds is 9. The lowest BCUT2D eigenvalue weighted by Gasteiger charge is -2.17. The minimum absolute atomic E-state index is 0.252. The number of esters is 1. The number of nitrogens with one attached hydrogen (secondary N) is 1. The first-order chi connectivity index (χ1) is 15.5. The lowest BCUT2D eigenvalue weighted by atomic mass is 10.1. The van der Waals surface area contributed by atoms with Crippen LogP contribution in [0.2, 0.25) is 5.02 Å². The van der Waals surface area contributed by atoms with Gasteiger partial charge in [-0.1, -0.05) is 37.6 Å². The lowest BCUT2D eigenvalue weighted by Crippen LogP contribution is -2.27. The number of hydrogen-bond acceptors (Lipinski definition) is 5. The van der Waals surface area contributed by atoms with Crippen LogP contribution >= 0.6 is 11.6 Å². The molecule has 6 nitrogen and oxygen atoms in total. The lowest BCUT2D eigenvalue weighted by molar-refractivity contribution is 0.0466. The van der Waals surface area contributed by atoms with Gasteiger partial charge in [-0.3, -0.25) is 9.78 Å². The van der Waals surface area contributed by atoms with Crippen LogP contribution in [0.4, 0.5) is 5.69 Å². The van der Waals surface area contributed by atoms with Crippen LogP contribution in [-0.4, -0.2) is 48.0 Å². The fourth-order valence-electron chi connectivity index (χ4n) is 3.16. The summed E-state index contributed by atoms with van der Waals surface area (Å²) in [5.41, 5.74) is 3.03. The van der Waals surface area contributed by atoms with Gasteiger partial charge < -0.3 is 15.0 Å². The number of likely N-dealkylation sites (N-methyl/N-ethyl adjacent to an activating group) is 1. The Hall–Kier alpha value is -3.22. The Bertz CT molecular complexity index is 1050. The van der Waals surface area contributed by atoms with Gasteiger partial charge in [0.2, 0.25) is 0 Å². The first-order valence-corrected chi connectivity index (χ1v) is 10.9. The number of aromatic nitrogens is 1. The van der Waals surface area contributed by atoms with Crippen molar-refractivity contribution >= 4 is 29.2 Å². The maximum absolute atomic E-state index is 12.6.